The summed E-state index contributed by atoms with van der Waals surface area (Å²) in [4.78, 5) is 4.21. The highest BCUT2D eigenvalue weighted by atomic mass is 19.1. The van der Waals surface area contributed by atoms with Crippen molar-refractivity contribution in [3.8, 4) is 5.75 Å². The minimum atomic E-state index is -0.407. The Labute approximate surface area is 117 Å². The van der Waals surface area contributed by atoms with Gasteiger partial charge in [-0.3, -0.25) is 4.68 Å². The number of nitrogens with two attached hydrogens (primary N) is 1. The standard InChI is InChI=1S/C14H19FN4O/c1-3-6-19-14(17-9-18-19)8-12(16)10-4-5-13(20-2)11(15)7-10/h4-5,7,9,12H,3,6,8,16H2,1-2H3. The maximum absolute atomic E-state index is 13.7. The zero-order chi connectivity index (χ0) is 14.5. The van der Waals surface area contributed by atoms with Gasteiger partial charge in [0.15, 0.2) is 11.6 Å². The molecule has 0 spiro atoms. The van der Waals surface area contributed by atoms with E-state index in [1.807, 2.05) is 4.68 Å². The molecule has 108 valence electrons. The Hall–Kier alpha value is -1.95. The van der Waals surface area contributed by atoms with Crippen LogP contribution in [0.25, 0.3) is 0 Å². The molecule has 0 fully saturated rings. The van der Waals surface area contributed by atoms with Crippen molar-refractivity contribution < 1.29 is 9.13 Å². The number of rotatable bonds is 6. The second-order valence-electron chi connectivity index (χ2n) is 4.60. The van der Waals surface area contributed by atoms with Crippen LogP contribution in [-0.2, 0) is 13.0 Å². The van der Waals surface area contributed by atoms with Gasteiger partial charge in [-0.25, -0.2) is 9.37 Å². The van der Waals surface area contributed by atoms with Gasteiger partial charge in [0.05, 0.1) is 7.11 Å². The van der Waals surface area contributed by atoms with Crippen LogP contribution in [0.5, 0.6) is 5.75 Å². The first-order chi connectivity index (χ1) is 9.65. The van der Waals surface area contributed by atoms with Crippen molar-refractivity contribution in [1.29, 1.82) is 0 Å². The summed E-state index contributed by atoms with van der Waals surface area (Å²) < 4.78 is 20.4. The first kappa shape index (κ1) is 14.5. The normalized spacial score (nSPS) is 12.4. The Balaban J connectivity index is 2.13. The summed E-state index contributed by atoms with van der Waals surface area (Å²) in [6, 6.07) is 4.44. The molecule has 0 saturated heterocycles. The largest absolute Gasteiger partial charge is 0.494 e. The highest BCUT2D eigenvalue weighted by Crippen LogP contribution is 2.22. The lowest BCUT2D eigenvalue weighted by molar-refractivity contribution is 0.386. The fraction of sp³-hybridized carbons (Fsp3) is 0.429. The van der Waals surface area contributed by atoms with E-state index >= 15 is 0 Å². The van der Waals surface area contributed by atoms with Gasteiger partial charge in [-0.2, -0.15) is 5.10 Å². The minimum absolute atomic E-state index is 0.218. The zero-order valence-electron chi connectivity index (χ0n) is 11.7. The van der Waals surface area contributed by atoms with Crippen LogP contribution in [-0.4, -0.2) is 21.9 Å². The summed E-state index contributed by atoms with van der Waals surface area (Å²) in [5.74, 6) is 0.626. The van der Waals surface area contributed by atoms with Crippen molar-refractivity contribution >= 4 is 0 Å². The molecule has 2 N–H and O–H groups in total. The van der Waals surface area contributed by atoms with Crippen molar-refractivity contribution in [2.75, 3.05) is 7.11 Å². The van der Waals surface area contributed by atoms with Crippen LogP contribution in [0.2, 0.25) is 0 Å². The molecule has 0 saturated carbocycles. The molecular weight excluding hydrogens is 259 g/mol. The van der Waals surface area contributed by atoms with Crippen molar-refractivity contribution in [1.82, 2.24) is 14.8 Å². The Bertz CT molecular complexity index is 570. The van der Waals surface area contributed by atoms with Crippen LogP contribution >= 0.6 is 0 Å². The summed E-state index contributed by atoms with van der Waals surface area (Å²) in [6.45, 7) is 2.88. The number of aromatic nitrogens is 3. The van der Waals surface area contributed by atoms with E-state index in [0.717, 1.165) is 18.8 Å². The molecule has 2 rings (SSSR count). The van der Waals surface area contributed by atoms with E-state index in [1.165, 1.54) is 19.5 Å². The number of hydrogen-bond acceptors (Lipinski definition) is 4. The Morgan fingerprint density at radius 3 is 2.90 bits per heavy atom. The Morgan fingerprint density at radius 1 is 1.45 bits per heavy atom. The van der Waals surface area contributed by atoms with Crippen molar-refractivity contribution in [3.63, 3.8) is 0 Å². The van der Waals surface area contributed by atoms with Crippen LogP contribution in [0.4, 0.5) is 4.39 Å². The highest BCUT2D eigenvalue weighted by Gasteiger charge is 2.14. The van der Waals surface area contributed by atoms with Crippen molar-refractivity contribution in [3.05, 3.63) is 41.7 Å². The average Bonchev–Trinajstić information content (AvgIpc) is 2.86. The van der Waals surface area contributed by atoms with E-state index in [9.17, 15) is 4.39 Å². The first-order valence-electron chi connectivity index (χ1n) is 6.61. The number of nitrogens with zero attached hydrogens (tertiary/aromatic N) is 3. The molecule has 0 aliphatic carbocycles. The fourth-order valence-electron chi connectivity index (χ4n) is 2.07. The van der Waals surface area contributed by atoms with E-state index in [-0.39, 0.29) is 11.8 Å². The molecule has 2 aromatic rings. The third kappa shape index (κ3) is 3.14. The lowest BCUT2D eigenvalue weighted by Crippen LogP contribution is -2.17. The predicted molar refractivity (Wildman–Crippen MR) is 73.9 cm³/mol. The summed E-state index contributed by atoms with van der Waals surface area (Å²) in [5.41, 5.74) is 6.84. The minimum Gasteiger partial charge on any atom is -0.494 e. The SMILES string of the molecule is CCCn1ncnc1CC(N)c1ccc(OC)c(F)c1. The van der Waals surface area contributed by atoms with Crippen LogP contribution in [0.1, 0.15) is 30.8 Å². The molecule has 0 radical (unpaired) electrons. The molecule has 0 aliphatic heterocycles. The quantitative estimate of drug-likeness (QED) is 0.878. The fourth-order valence-corrected chi connectivity index (χ4v) is 2.07. The molecule has 20 heavy (non-hydrogen) atoms. The molecule has 1 unspecified atom stereocenters. The maximum Gasteiger partial charge on any atom is 0.165 e. The van der Waals surface area contributed by atoms with Gasteiger partial charge in [0.25, 0.3) is 0 Å². The Kier molecular flexibility index (Phi) is 4.68. The molecule has 0 bridgehead atoms. The molecule has 1 aromatic carbocycles. The summed E-state index contributed by atoms with van der Waals surface area (Å²) >= 11 is 0. The summed E-state index contributed by atoms with van der Waals surface area (Å²) in [6.07, 6.45) is 3.01. The van der Waals surface area contributed by atoms with Gasteiger partial charge in [-0.15, -0.1) is 0 Å². The predicted octanol–water partition coefficient (Wildman–Crippen LogP) is 2.08. The van der Waals surface area contributed by atoms with Crippen molar-refractivity contribution in [2.24, 2.45) is 5.73 Å². The number of methoxy groups -OCH3 is 1. The van der Waals surface area contributed by atoms with Gasteiger partial charge in [0, 0.05) is 19.0 Å². The van der Waals surface area contributed by atoms with E-state index in [0.29, 0.717) is 12.0 Å². The van der Waals surface area contributed by atoms with Gasteiger partial charge >= 0.3 is 0 Å². The van der Waals surface area contributed by atoms with Gasteiger partial charge in [0.1, 0.15) is 12.2 Å². The molecule has 1 aromatic heterocycles. The van der Waals surface area contributed by atoms with Crippen LogP contribution in [0, 0.1) is 5.82 Å². The summed E-state index contributed by atoms with van der Waals surface area (Å²) in [5, 5.41) is 4.15. The molecule has 0 aliphatic rings. The van der Waals surface area contributed by atoms with Gasteiger partial charge in [0.2, 0.25) is 0 Å². The maximum atomic E-state index is 13.7. The van der Waals surface area contributed by atoms with Gasteiger partial charge in [-0.05, 0) is 24.1 Å². The van der Waals surface area contributed by atoms with E-state index in [1.54, 1.807) is 12.1 Å². The second-order valence-corrected chi connectivity index (χ2v) is 4.60. The lowest BCUT2D eigenvalue weighted by Gasteiger charge is -2.13. The number of aryl methyl sites for hydroxylation is 1. The molecule has 6 heteroatoms. The molecule has 1 atom stereocenters. The number of ether oxygens (including phenoxy) is 1. The molecule has 0 amide bonds. The van der Waals surface area contributed by atoms with Gasteiger partial charge in [-0.1, -0.05) is 13.0 Å². The van der Waals surface area contributed by atoms with E-state index in [2.05, 4.69) is 17.0 Å². The summed E-state index contributed by atoms with van der Waals surface area (Å²) in [7, 11) is 1.44. The van der Waals surface area contributed by atoms with Crippen LogP contribution < -0.4 is 10.5 Å². The first-order valence-corrected chi connectivity index (χ1v) is 6.61. The molecule has 5 nitrogen and oxygen atoms in total. The third-order valence-electron chi connectivity index (χ3n) is 3.14. The van der Waals surface area contributed by atoms with Crippen LogP contribution in [0.3, 0.4) is 0 Å². The van der Waals surface area contributed by atoms with E-state index in [4.69, 9.17) is 10.5 Å². The Morgan fingerprint density at radius 2 is 2.25 bits per heavy atom. The van der Waals surface area contributed by atoms with Gasteiger partial charge < -0.3 is 10.5 Å². The average molecular weight is 278 g/mol. The number of halogens is 1. The highest BCUT2D eigenvalue weighted by molar-refractivity contribution is 5.31. The number of benzene rings is 1. The second kappa shape index (κ2) is 6.47. The lowest BCUT2D eigenvalue weighted by atomic mass is 10.0. The third-order valence-corrected chi connectivity index (χ3v) is 3.14. The smallest absolute Gasteiger partial charge is 0.165 e. The van der Waals surface area contributed by atoms with Crippen molar-refractivity contribution in [2.45, 2.75) is 32.4 Å². The zero-order valence-corrected chi connectivity index (χ0v) is 11.7. The molecule has 1 heterocycles. The topological polar surface area (TPSA) is 66.0 Å². The van der Waals surface area contributed by atoms with Crippen LogP contribution in [0.15, 0.2) is 24.5 Å². The van der Waals surface area contributed by atoms with E-state index < -0.39 is 5.82 Å². The number of hydrogen-bond donors (Lipinski definition) is 1. The molecular formula is C14H19FN4O. The monoisotopic (exact) mass is 278 g/mol.